The number of rotatable bonds is 2. The summed E-state index contributed by atoms with van der Waals surface area (Å²) in [7, 11) is -0.502. The molecule has 1 fully saturated rings. The van der Waals surface area contributed by atoms with Gasteiger partial charge in [-0.15, -0.1) is 0 Å². The lowest BCUT2D eigenvalue weighted by molar-refractivity contribution is 0.00578. The molecule has 0 bridgehead atoms. The normalized spacial score (nSPS) is 20.3. The molecule has 4 nitrogen and oxygen atoms in total. The monoisotopic (exact) mass is 258 g/mol. The molecule has 2 heterocycles. The molecule has 19 heavy (non-hydrogen) atoms. The van der Waals surface area contributed by atoms with Gasteiger partial charge in [0.15, 0.2) is 0 Å². The highest BCUT2D eigenvalue weighted by Crippen LogP contribution is 2.36. The van der Waals surface area contributed by atoms with Crippen molar-refractivity contribution in [2.45, 2.75) is 52.2 Å². The zero-order valence-corrected chi connectivity index (χ0v) is 12.2. The molecule has 1 aliphatic heterocycles. The van der Waals surface area contributed by atoms with Crippen LogP contribution in [0.4, 0.5) is 0 Å². The van der Waals surface area contributed by atoms with Crippen molar-refractivity contribution in [2.75, 3.05) is 0 Å². The minimum Gasteiger partial charge on any atom is -0.399 e. The summed E-state index contributed by atoms with van der Waals surface area (Å²) in [4.78, 5) is 4.10. The van der Waals surface area contributed by atoms with Crippen molar-refractivity contribution in [1.29, 1.82) is 5.26 Å². The second-order valence-electron chi connectivity index (χ2n) is 5.81. The van der Waals surface area contributed by atoms with Crippen LogP contribution >= 0.6 is 0 Å². The molecule has 1 saturated heterocycles. The van der Waals surface area contributed by atoms with Gasteiger partial charge in [-0.3, -0.25) is 4.98 Å². The van der Waals surface area contributed by atoms with E-state index in [1.807, 2.05) is 34.6 Å². The van der Waals surface area contributed by atoms with Crippen LogP contribution in [0.3, 0.4) is 0 Å². The van der Waals surface area contributed by atoms with Crippen molar-refractivity contribution >= 4 is 12.6 Å². The van der Waals surface area contributed by atoms with E-state index >= 15 is 0 Å². The minimum atomic E-state index is -0.502. The van der Waals surface area contributed by atoms with Crippen LogP contribution in [-0.2, 0) is 15.7 Å². The number of nitrogens with zero attached hydrogens (tertiary/aromatic N) is 2. The second-order valence-corrected chi connectivity index (χ2v) is 5.81. The van der Waals surface area contributed by atoms with Crippen LogP contribution in [-0.4, -0.2) is 23.3 Å². The summed E-state index contributed by atoms with van der Waals surface area (Å²) >= 11 is 0. The fourth-order valence-electron chi connectivity index (χ4n) is 2.12. The van der Waals surface area contributed by atoms with Gasteiger partial charge in [-0.1, -0.05) is 6.92 Å². The summed E-state index contributed by atoms with van der Waals surface area (Å²) < 4.78 is 12.1. The summed E-state index contributed by atoms with van der Waals surface area (Å²) in [6.07, 6.45) is 4.14. The molecular weight excluding hydrogens is 239 g/mol. The van der Waals surface area contributed by atoms with Crippen molar-refractivity contribution in [3.8, 4) is 6.07 Å². The Morgan fingerprint density at radius 1 is 1.21 bits per heavy atom. The third-order valence-electron chi connectivity index (χ3n) is 4.06. The third-order valence-corrected chi connectivity index (χ3v) is 4.06. The van der Waals surface area contributed by atoms with Gasteiger partial charge in [0.2, 0.25) is 0 Å². The van der Waals surface area contributed by atoms with Crippen molar-refractivity contribution in [3.05, 3.63) is 23.5 Å². The predicted molar refractivity (Wildman–Crippen MR) is 74.0 cm³/mol. The first-order chi connectivity index (χ1) is 8.82. The van der Waals surface area contributed by atoms with Crippen LogP contribution in [0.2, 0.25) is 0 Å². The zero-order valence-electron chi connectivity index (χ0n) is 12.2. The lowest BCUT2D eigenvalue weighted by Crippen LogP contribution is -2.41. The summed E-state index contributed by atoms with van der Waals surface area (Å²) in [5, 5.41) is 9.26. The quantitative estimate of drug-likeness (QED) is 0.759. The van der Waals surface area contributed by atoms with Crippen LogP contribution in [0, 0.1) is 11.3 Å². The number of pyridine rings is 1. The molecule has 100 valence electrons. The lowest BCUT2D eigenvalue weighted by atomic mass is 9.73. The highest BCUT2D eigenvalue weighted by Gasteiger charge is 2.52. The molecule has 5 heteroatoms. The first-order valence-electron chi connectivity index (χ1n) is 6.55. The van der Waals surface area contributed by atoms with Gasteiger partial charge >= 0.3 is 7.12 Å². The molecule has 0 unspecified atom stereocenters. The van der Waals surface area contributed by atoms with Gasteiger partial charge in [0.1, 0.15) is 6.07 Å². The van der Waals surface area contributed by atoms with E-state index in [-0.39, 0.29) is 0 Å². The van der Waals surface area contributed by atoms with Gasteiger partial charge in [-0.05, 0) is 39.7 Å². The maximum Gasteiger partial charge on any atom is 0.496 e. The Hall–Kier alpha value is -1.38. The smallest absolute Gasteiger partial charge is 0.399 e. The van der Waals surface area contributed by atoms with Gasteiger partial charge in [-0.2, -0.15) is 5.26 Å². The predicted octanol–water partition coefficient (Wildman–Crippen LogP) is 1.81. The first-order valence-corrected chi connectivity index (χ1v) is 6.55. The first kappa shape index (κ1) is 14.0. The van der Waals surface area contributed by atoms with Crippen LogP contribution < -0.4 is 5.46 Å². The van der Waals surface area contributed by atoms with E-state index in [4.69, 9.17) is 9.31 Å². The van der Waals surface area contributed by atoms with E-state index in [9.17, 15) is 5.26 Å². The molecular formula is C14H19BN2O2. The van der Waals surface area contributed by atoms with Crippen molar-refractivity contribution in [2.24, 2.45) is 0 Å². The molecule has 0 aliphatic carbocycles. The van der Waals surface area contributed by atoms with E-state index in [0.717, 1.165) is 17.4 Å². The molecule has 0 aromatic carbocycles. The fraction of sp³-hybridized carbons (Fsp3) is 0.571. The topological polar surface area (TPSA) is 55.1 Å². The highest BCUT2D eigenvalue weighted by atomic mass is 16.7. The fourth-order valence-corrected chi connectivity index (χ4v) is 2.12. The summed E-state index contributed by atoms with van der Waals surface area (Å²) in [6, 6.07) is 2.18. The third kappa shape index (κ3) is 2.26. The standard InChI is InChI=1S/C14H19BN2O2/c1-6-10-8-17-9-11(7-16)12(10)15-18-13(2,3)14(4,5)19-15/h8-9H,6H2,1-5H3. The van der Waals surface area contributed by atoms with Gasteiger partial charge in [0.25, 0.3) is 0 Å². The molecule has 2 rings (SSSR count). The van der Waals surface area contributed by atoms with Gasteiger partial charge in [0, 0.05) is 17.9 Å². The molecule has 1 aliphatic rings. The molecule has 0 amide bonds. The number of nitriles is 1. The Kier molecular flexibility index (Phi) is 3.42. The van der Waals surface area contributed by atoms with Gasteiger partial charge in [0.05, 0.1) is 16.8 Å². The Morgan fingerprint density at radius 3 is 2.26 bits per heavy atom. The number of hydrogen-bond acceptors (Lipinski definition) is 4. The molecule has 1 aromatic rings. The van der Waals surface area contributed by atoms with Crippen LogP contribution in [0.25, 0.3) is 0 Å². The number of aromatic nitrogens is 1. The Morgan fingerprint density at radius 2 is 1.79 bits per heavy atom. The summed E-state index contributed by atoms with van der Waals surface area (Å²) in [6.45, 7) is 10.1. The van der Waals surface area contributed by atoms with E-state index in [2.05, 4.69) is 11.1 Å². The Bertz CT molecular complexity index is 519. The average Bonchev–Trinajstić information content (AvgIpc) is 2.57. The van der Waals surface area contributed by atoms with Crippen LogP contribution in [0.1, 0.15) is 45.7 Å². The molecule has 0 saturated carbocycles. The van der Waals surface area contributed by atoms with E-state index in [0.29, 0.717) is 5.56 Å². The average molecular weight is 258 g/mol. The molecule has 1 aromatic heterocycles. The maximum absolute atomic E-state index is 9.26. The SMILES string of the molecule is CCc1cncc(C#N)c1B1OC(C)(C)C(C)(C)O1. The summed E-state index contributed by atoms with van der Waals surface area (Å²) in [5.74, 6) is 0. The van der Waals surface area contributed by atoms with Gasteiger partial charge in [-0.25, -0.2) is 0 Å². The number of aryl methyl sites for hydroxylation is 1. The van der Waals surface area contributed by atoms with E-state index in [1.54, 1.807) is 12.4 Å². The zero-order chi connectivity index (χ0) is 14.3. The number of hydrogen-bond donors (Lipinski definition) is 0. The van der Waals surface area contributed by atoms with Crippen molar-refractivity contribution < 1.29 is 9.31 Å². The summed E-state index contributed by atoms with van der Waals surface area (Å²) in [5.41, 5.74) is 1.53. The maximum atomic E-state index is 9.26. The molecule has 0 spiro atoms. The van der Waals surface area contributed by atoms with E-state index in [1.165, 1.54) is 0 Å². The van der Waals surface area contributed by atoms with Crippen molar-refractivity contribution in [3.63, 3.8) is 0 Å². The minimum absolute atomic E-state index is 0.404. The Labute approximate surface area is 114 Å². The molecule has 0 radical (unpaired) electrons. The van der Waals surface area contributed by atoms with Gasteiger partial charge < -0.3 is 9.31 Å². The second kappa shape index (κ2) is 4.62. The molecule has 0 N–H and O–H groups in total. The van der Waals surface area contributed by atoms with Crippen molar-refractivity contribution in [1.82, 2.24) is 4.98 Å². The Balaban J connectivity index is 2.48. The van der Waals surface area contributed by atoms with Crippen LogP contribution in [0.5, 0.6) is 0 Å². The molecule has 0 atom stereocenters. The lowest BCUT2D eigenvalue weighted by Gasteiger charge is -2.32. The van der Waals surface area contributed by atoms with E-state index < -0.39 is 18.3 Å². The van der Waals surface area contributed by atoms with Crippen LogP contribution in [0.15, 0.2) is 12.4 Å². The highest BCUT2D eigenvalue weighted by molar-refractivity contribution is 6.63. The largest absolute Gasteiger partial charge is 0.496 e.